The van der Waals surface area contributed by atoms with Gasteiger partial charge in [-0.3, -0.25) is 4.79 Å². The Balaban J connectivity index is 1.24. The Kier molecular flexibility index (Phi) is 8.94. The summed E-state index contributed by atoms with van der Waals surface area (Å²) in [5.41, 5.74) is 2.45. The molecule has 6 heteroatoms. The second-order valence-electron chi connectivity index (χ2n) is 17.6. The summed E-state index contributed by atoms with van der Waals surface area (Å²) in [6, 6.07) is 3.65. The third-order valence-electron chi connectivity index (χ3n) is 15.6. The Morgan fingerprint density at radius 1 is 0.854 bits per heavy atom. The lowest BCUT2D eigenvalue weighted by Gasteiger charge is -2.72. The van der Waals surface area contributed by atoms with E-state index in [9.17, 15) is 9.59 Å². The van der Waals surface area contributed by atoms with Crippen molar-refractivity contribution in [3.05, 3.63) is 35.9 Å². The van der Waals surface area contributed by atoms with Gasteiger partial charge in [-0.25, -0.2) is 4.79 Å². The molecule has 0 N–H and O–H groups in total. The summed E-state index contributed by atoms with van der Waals surface area (Å²) in [6.45, 7) is 19.5. The second kappa shape index (κ2) is 12.2. The molecule has 0 saturated heterocycles. The lowest BCUT2D eigenvalue weighted by atomic mass is 9.32. The van der Waals surface area contributed by atoms with Gasteiger partial charge >= 0.3 is 5.97 Å². The fourth-order valence-corrected chi connectivity index (χ4v) is 13.0. The number of methoxy groups -OCH3 is 3. The lowest BCUT2D eigenvalue weighted by molar-refractivity contribution is -0.236. The van der Waals surface area contributed by atoms with Gasteiger partial charge in [0.05, 0.1) is 27.9 Å². The first-order valence-corrected chi connectivity index (χ1v) is 18.5. The number of hydrogen-bond acceptors (Lipinski definition) is 6. The van der Waals surface area contributed by atoms with Crippen LogP contribution in [0, 0.1) is 56.7 Å². The van der Waals surface area contributed by atoms with Gasteiger partial charge < -0.3 is 18.9 Å². The molecule has 0 aromatic heterocycles. The quantitative estimate of drug-likeness (QED) is 0.157. The van der Waals surface area contributed by atoms with Gasteiger partial charge in [-0.05, 0) is 134 Å². The molecule has 5 aliphatic rings. The van der Waals surface area contributed by atoms with E-state index in [2.05, 4.69) is 48.1 Å². The van der Waals surface area contributed by atoms with Crippen molar-refractivity contribution in [1.82, 2.24) is 0 Å². The SMILES string of the molecule is C=C(C)[C@@H]1CC[C@]2(COC(=O)/C=C/c3cc(OC)c(OC)c(OC)c3)CC[C@]3(C)[C@H](CC[C@@H]4[C@@]5(C)CCC(=O)C(C)(C)[C@@H]5CC[C@]43C)[C@@H]12. The Morgan fingerprint density at radius 3 is 2.17 bits per heavy atom. The summed E-state index contributed by atoms with van der Waals surface area (Å²) >= 11 is 0. The Hall–Kier alpha value is -2.76. The minimum Gasteiger partial charge on any atom is -0.493 e. The van der Waals surface area contributed by atoms with Crippen LogP contribution in [0.3, 0.4) is 0 Å². The predicted octanol–water partition coefficient (Wildman–Crippen LogP) is 9.50. The largest absolute Gasteiger partial charge is 0.493 e. The molecular weight excluding hydrogens is 600 g/mol. The Bertz CT molecular complexity index is 1470. The molecule has 6 nitrogen and oxygen atoms in total. The molecule has 0 aliphatic heterocycles. The molecule has 0 heterocycles. The highest BCUT2D eigenvalue weighted by molar-refractivity contribution is 5.87. The van der Waals surface area contributed by atoms with Crippen LogP contribution in [0.1, 0.15) is 111 Å². The topological polar surface area (TPSA) is 71.1 Å². The second-order valence-corrected chi connectivity index (χ2v) is 17.6. The highest BCUT2D eigenvalue weighted by Gasteiger charge is 2.71. The summed E-state index contributed by atoms with van der Waals surface area (Å²) < 4.78 is 22.6. The van der Waals surface area contributed by atoms with Crippen molar-refractivity contribution in [2.45, 2.75) is 106 Å². The molecule has 0 unspecified atom stereocenters. The van der Waals surface area contributed by atoms with Crippen LogP contribution in [0.15, 0.2) is 30.4 Å². The number of benzene rings is 1. The number of ether oxygens (including phenoxy) is 4. The molecule has 0 bridgehead atoms. The van der Waals surface area contributed by atoms with Gasteiger partial charge in [-0.2, -0.15) is 0 Å². The molecule has 1 aromatic carbocycles. The zero-order valence-corrected chi connectivity index (χ0v) is 31.1. The van der Waals surface area contributed by atoms with Crippen molar-refractivity contribution >= 4 is 17.8 Å². The number of carbonyl (C=O) groups is 2. The Morgan fingerprint density at radius 2 is 1.54 bits per heavy atom. The van der Waals surface area contributed by atoms with E-state index in [1.165, 1.54) is 37.3 Å². The van der Waals surface area contributed by atoms with E-state index >= 15 is 0 Å². The monoisotopic (exact) mass is 660 g/mol. The van der Waals surface area contributed by atoms with Gasteiger partial charge in [0, 0.05) is 23.3 Å². The first-order chi connectivity index (χ1) is 22.6. The van der Waals surface area contributed by atoms with Crippen LogP contribution in [0.5, 0.6) is 17.2 Å². The fourth-order valence-electron chi connectivity index (χ4n) is 13.0. The number of esters is 1. The third kappa shape index (κ3) is 5.08. The van der Waals surface area contributed by atoms with Crippen LogP contribution >= 0.6 is 0 Å². The van der Waals surface area contributed by atoms with Gasteiger partial charge in [0.15, 0.2) is 11.5 Å². The molecule has 6 rings (SSSR count). The van der Waals surface area contributed by atoms with E-state index in [-0.39, 0.29) is 33.0 Å². The van der Waals surface area contributed by atoms with Crippen molar-refractivity contribution in [3.8, 4) is 17.2 Å². The molecule has 9 atom stereocenters. The van der Waals surface area contributed by atoms with E-state index in [0.29, 0.717) is 59.2 Å². The average molecular weight is 661 g/mol. The molecule has 5 aliphatic carbocycles. The molecule has 0 amide bonds. The maximum atomic E-state index is 13.3. The maximum absolute atomic E-state index is 13.3. The average Bonchev–Trinajstić information content (AvgIpc) is 3.44. The van der Waals surface area contributed by atoms with E-state index in [1.54, 1.807) is 27.4 Å². The van der Waals surface area contributed by atoms with Crippen molar-refractivity contribution in [1.29, 1.82) is 0 Å². The number of rotatable bonds is 8. The van der Waals surface area contributed by atoms with Crippen molar-refractivity contribution in [2.24, 2.45) is 56.7 Å². The normalized spacial score (nSPS) is 39.9. The van der Waals surface area contributed by atoms with Crippen molar-refractivity contribution in [2.75, 3.05) is 27.9 Å². The Labute approximate surface area is 289 Å². The highest BCUT2D eigenvalue weighted by Crippen LogP contribution is 2.77. The predicted molar refractivity (Wildman–Crippen MR) is 190 cm³/mol. The summed E-state index contributed by atoms with van der Waals surface area (Å²) in [6.07, 6.45) is 14.3. The molecule has 264 valence electrons. The minimum absolute atomic E-state index is 0.0204. The molecule has 48 heavy (non-hydrogen) atoms. The van der Waals surface area contributed by atoms with Crippen LogP contribution < -0.4 is 14.2 Å². The van der Waals surface area contributed by atoms with Crippen LogP contribution in [-0.2, 0) is 14.3 Å². The van der Waals surface area contributed by atoms with Gasteiger partial charge in [0.1, 0.15) is 5.78 Å². The smallest absolute Gasteiger partial charge is 0.330 e. The summed E-state index contributed by atoms with van der Waals surface area (Å²) in [5.74, 6) is 4.35. The van der Waals surface area contributed by atoms with Crippen molar-refractivity contribution < 1.29 is 28.5 Å². The zero-order chi connectivity index (χ0) is 34.9. The zero-order valence-electron chi connectivity index (χ0n) is 31.1. The number of Topliss-reactive ketones (excluding diaryl/α,β-unsaturated/α-hetero) is 1. The van der Waals surface area contributed by atoms with Gasteiger partial charge in [-0.15, -0.1) is 0 Å². The summed E-state index contributed by atoms with van der Waals surface area (Å²) in [5, 5.41) is 0. The number of carbonyl (C=O) groups excluding carboxylic acids is 2. The first-order valence-electron chi connectivity index (χ1n) is 18.5. The minimum atomic E-state index is -0.319. The molecule has 0 radical (unpaired) electrons. The standard InChI is InChI=1S/C42H60O6/c1-26(2)28-15-20-42(25-48-35(44)14-11-27-23-30(45-8)37(47-10)31(24-27)46-9)22-21-40(6)29(36(28)42)12-13-33-39(5)18-17-34(43)38(3,4)32(39)16-19-41(33,40)7/h11,14,23-24,28-29,32-33,36H,1,12-13,15-22,25H2,2-10H3/b14-11+/t28-,29+,32-,33+,36+,39-,40+,41+,42+/m0/s1. The molecule has 0 spiro atoms. The lowest BCUT2D eigenvalue weighted by Crippen LogP contribution is -2.66. The number of fused-ring (bicyclic) bond motifs is 7. The van der Waals surface area contributed by atoms with E-state index in [1.807, 2.05) is 12.1 Å². The van der Waals surface area contributed by atoms with Crippen LogP contribution in [0.4, 0.5) is 0 Å². The van der Waals surface area contributed by atoms with Crippen LogP contribution in [0.25, 0.3) is 6.08 Å². The number of allylic oxidation sites excluding steroid dienone is 1. The molecular formula is C42H60O6. The number of ketones is 1. The highest BCUT2D eigenvalue weighted by atomic mass is 16.5. The number of hydrogen-bond donors (Lipinski definition) is 0. The fraction of sp³-hybridized carbons (Fsp3) is 0.714. The van der Waals surface area contributed by atoms with E-state index in [4.69, 9.17) is 18.9 Å². The molecule has 1 aromatic rings. The maximum Gasteiger partial charge on any atom is 0.330 e. The molecule has 5 fully saturated rings. The van der Waals surface area contributed by atoms with Gasteiger partial charge in [-0.1, -0.05) is 46.8 Å². The third-order valence-corrected chi connectivity index (χ3v) is 15.6. The van der Waals surface area contributed by atoms with Crippen molar-refractivity contribution in [3.63, 3.8) is 0 Å². The van der Waals surface area contributed by atoms with E-state index < -0.39 is 0 Å². The first kappa shape index (κ1) is 35.1. The van der Waals surface area contributed by atoms with Crippen LogP contribution in [-0.4, -0.2) is 39.7 Å². The summed E-state index contributed by atoms with van der Waals surface area (Å²) in [4.78, 5) is 26.4. The van der Waals surface area contributed by atoms with Gasteiger partial charge in [0.2, 0.25) is 5.75 Å². The summed E-state index contributed by atoms with van der Waals surface area (Å²) in [7, 11) is 4.74. The molecule has 5 saturated carbocycles. The van der Waals surface area contributed by atoms with Crippen LogP contribution in [0.2, 0.25) is 0 Å². The van der Waals surface area contributed by atoms with E-state index in [0.717, 1.165) is 44.1 Å². The van der Waals surface area contributed by atoms with Gasteiger partial charge in [0.25, 0.3) is 0 Å².